The fourth-order valence-corrected chi connectivity index (χ4v) is 2.20. The highest BCUT2D eigenvalue weighted by Gasteiger charge is 2.23. The van der Waals surface area contributed by atoms with Gasteiger partial charge in [0.15, 0.2) is 5.82 Å². The molecule has 120 valence electrons. The molecular formula is C17H20N4O2. The van der Waals surface area contributed by atoms with Crippen LogP contribution in [-0.2, 0) is 0 Å². The Hall–Kier alpha value is -2.47. The summed E-state index contributed by atoms with van der Waals surface area (Å²) in [5.74, 6) is 1.26. The van der Waals surface area contributed by atoms with E-state index in [0.717, 1.165) is 24.0 Å². The smallest absolute Gasteiger partial charge is 0.251 e. The number of anilines is 1. The summed E-state index contributed by atoms with van der Waals surface area (Å²) in [6.45, 7) is 2.40. The zero-order valence-corrected chi connectivity index (χ0v) is 13.0. The topological polar surface area (TPSA) is 87.1 Å². The normalized spacial score (nSPS) is 13.7. The summed E-state index contributed by atoms with van der Waals surface area (Å²) in [6.07, 6.45) is 3.89. The predicted octanol–water partition coefficient (Wildman–Crippen LogP) is 1.75. The second kappa shape index (κ2) is 6.75. The SMILES string of the molecule is Cc1cnc(-c2ccc(C(=O)NC3CC3)cc2)nc1NCCO. The molecule has 6 nitrogen and oxygen atoms in total. The minimum atomic E-state index is -0.0332. The summed E-state index contributed by atoms with van der Waals surface area (Å²) in [7, 11) is 0. The van der Waals surface area contributed by atoms with Gasteiger partial charge in [0.1, 0.15) is 5.82 Å². The van der Waals surface area contributed by atoms with E-state index in [0.29, 0.717) is 29.8 Å². The van der Waals surface area contributed by atoms with Crippen molar-refractivity contribution in [3.05, 3.63) is 41.6 Å². The summed E-state index contributed by atoms with van der Waals surface area (Å²) in [6, 6.07) is 7.63. The third-order valence-corrected chi connectivity index (χ3v) is 3.69. The number of hydrogen-bond acceptors (Lipinski definition) is 5. The van der Waals surface area contributed by atoms with Crippen LogP contribution in [0.1, 0.15) is 28.8 Å². The third-order valence-electron chi connectivity index (χ3n) is 3.69. The summed E-state index contributed by atoms with van der Waals surface area (Å²) >= 11 is 0. The van der Waals surface area contributed by atoms with Gasteiger partial charge in [-0.15, -0.1) is 0 Å². The van der Waals surface area contributed by atoms with Gasteiger partial charge in [-0.3, -0.25) is 4.79 Å². The van der Waals surface area contributed by atoms with Crippen molar-refractivity contribution < 1.29 is 9.90 Å². The fraction of sp³-hybridized carbons (Fsp3) is 0.353. The second-order valence-electron chi connectivity index (χ2n) is 5.70. The molecule has 0 spiro atoms. The molecule has 1 fully saturated rings. The average molecular weight is 312 g/mol. The van der Waals surface area contributed by atoms with E-state index in [1.807, 2.05) is 19.1 Å². The van der Waals surface area contributed by atoms with Crippen LogP contribution in [0.15, 0.2) is 30.5 Å². The van der Waals surface area contributed by atoms with E-state index < -0.39 is 0 Å². The van der Waals surface area contributed by atoms with Crippen molar-refractivity contribution in [2.45, 2.75) is 25.8 Å². The lowest BCUT2D eigenvalue weighted by Gasteiger charge is -2.09. The standard InChI is InChI=1S/C17H20N4O2/c1-11-10-19-16(21-15(11)18-8-9-22)12-2-4-13(5-3-12)17(23)20-14-6-7-14/h2-5,10,14,22H,6-9H2,1H3,(H,20,23)(H,18,19,21). The number of aromatic nitrogens is 2. The highest BCUT2D eigenvalue weighted by molar-refractivity contribution is 5.94. The Kier molecular flexibility index (Phi) is 4.52. The highest BCUT2D eigenvalue weighted by atomic mass is 16.3. The number of rotatable bonds is 6. The Bertz CT molecular complexity index is 696. The molecule has 1 saturated carbocycles. The van der Waals surface area contributed by atoms with Crippen LogP contribution in [0.25, 0.3) is 11.4 Å². The summed E-state index contributed by atoms with van der Waals surface area (Å²) in [5.41, 5.74) is 2.41. The van der Waals surface area contributed by atoms with Gasteiger partial charge < -0.3 is 15.7 Å². The molecule has 1 amide bonds. The first-order valence-corrected chi connectivity index (χ1v) is 7.77. The Balaban J connectivity index is 1.77. The van der Waals surface area contributed by atoms with E-state index in [9.17, 15) is 4.79 Å². The number of carbonyl (C=O) groups is 1. The van der Waals surface area contributed by atoms with Gasteiger partial charge in [0.2, 0.25) is 0 Å². The fourth-order valence-electron chi connectivity index (χ4n) is 2.20. The van der Waals surface area contributed by atoms with Crippen molar-refractivity contribution >= 4 is 11.7 Å². The molecule has 0 bridgehead atoms. The van der Waals surface area contributed by atoms with Gasteiger partial charge in [-0.2, -0.15) is 0 Å². The molecule has 0 unspecified atom stereocenters. The van der Waals surface area contributed by atoms with E-state index in [2.05, 4.69) is 20.6 Å². The zero-order chi connectivity index (χ0) is 16.2. The van der Waals surface area contributed by atoms with Crippen LogP contribution in [0.3, 0.4) is 0 Å². The maximum absolute atomic E-state index is 12.0. The van der Waals surface area contributed by atoms with Gasteiger partial charge in [-0.1, -0.05) is 12.1 Å². The number of nitrogens with zero attached hydrogens (tertiary/aromatic N) is 2. The van der Waals surface area contributed by atoms with Crippen LogP contribution in [-0.4, -0.2) is 40.2 Å². The Morgan fingerprint density at radius 2 is 2.04 bits per heavy atom. The molecule has 1 aromatic heterocycles. The predicted molar refractivity (Wildman–Crippen MR) is 88.3 cm³/mol. The molecule has 1 heterocycles. The van der Waals surface area contributed by atoms with Crippen LogP contribution in [0, 0.1) is 6.92 Å². The molecular weight excluding hydrogens is 292 g/mol. The summed E-state index contributed by atoms with van der Waals surface area (Å²) < 4.78 is 0. The van der Waals surface area contributed by atoms with Crippen LogP contribution in [0.5, 0.6) is 0 Å². The largest absolute Gasteiger partial charge is 0.395 e. The average Bonchev–Trinajstić information content (AvgIpc) is 3.38. The van der Waals surface area contributed by atoms with Gasteiger partial charge in [0.05, 0.1) is 6.61 Å². The maximum Gasteiger partial charge on any atom is 0.251 e. The monoisotopic (exact) mass is 312 g/mol. The number of hydrogen-bond donors (Lipinski definition) is 3. The first kappa shape index (κ1) is 15.4. The minimum absolute atomic E-state index is 0.0332. The minimum Gasteiger partial charge on any atom is -0.395 e. The molecule has 1 aliphatic carbocycles. The van der Waals surface area contributed by atoms with Crippen LogP contribution in [0.2, 0.25) is 0 Å². The highest BCUT2D eigenvalue weighted by Crippen LogP contribution is 2.21. The number of aliphatic hydroxyl groups excluding tert-OH is 1. The van der Waals surface area contributed by atoms with E-state index in [1.165, 1.54) is 0 Å². The van der Waals surface area contributed by atoms with Crippen molar-refractivity contribution in [3.8, 4) is 11.4 Å². The van der Waals surface area contributed by atoms with Crippen molar-refractivity contribution in [3.63, 3.8) is 0 Å². The van der Waals surface area contributed by atoms with Gasteiger partial charge in [0.25, 0.3) is 5.91 Å². The van der Waals surface area contributed by atoms with Gasteiger partial charge >= 0.3 is 0 Å². The molecule has 0 saturated heterocycles. The van der Waals surface area contributed by atoms with Crippen molar-refractivity contribution in [1.82, 2.24) is 15.3 Å². The van der Waals surface area contributed by atoms with Crippen molar-refractivity contribution in [1.29, 1.82) is 0 Å². The van der Waals surface area contributed by atoms with E-state index >= 15 is 0 Å². The van der Waals surface area contributed by atoms with Crippen LogP contribution < -0.4 is 10.6 Å². The van der Waals surface area contributed by atoms with Crippen LogP contribution >= 0.6 is 0 Å². The zero-order valence-electron chi connectivity index (χ0n) is 13.0. The first-order chi connectivity index (χ1) is 11.2. The number of aryl methyl sites for hydroxylation is 1. The van der Waals surface area contributed by atoms with E-state index in [1.54, 1.807) is 18.3 Å². The molecule has 23 heavy (non-hydrogen) atoms. The number of benzene rings is 1. The quantitative estimate of drug-likeness (QED) is 0.756. The number of carbonyl (C=O) groups excluding carboxylic acids is 1. The number of nitrogens with one attached hydrogen (secondary N) is 2. The van der Waals surface area contributed by atoms with E-state index in [-0.39, 0.29) is 12.5 Å². The van der Waals surface area contributed by atoms with Crippen molar-refractivity contribution in [2.24, 2.45) is 0 Å². The van der Waals surface area contributed by atoms with Gasteiger partial charge in [-0.05, 0) is 31.9 Å². The second-order valence-corrected chi connectivity index (χ2v) is 5.70. The van der Waals surface area contributed by atoms with Gasteiger partial charge in [0, 0.05) is 35.5 Å². The summed E-state index contributed by atoms with van der Waals surface area (Å²) in [4.78, 5) is 20.8. The van der Waals surface area contributed by atoms with Gasteiger partial charge in [-0.25, -0.2) is 9.97 Å². The lowest BCUT2D eigenvalue weighted by molar-refractivity contribution is 0.0951. The Labute approximate surface area is 135 Å². The third kappa shape index (κ3) is 3.84. The molecule has 0 atom stereocenters. The Morgan fingerprint density at radius 1 is 1.30 bits per heavy atom. The molecule has 2 aromatic rings. The molecule has 0 aliphatic heterocycles. The maximum atomic E-state index is 12.0. The van der Waals surface area contributed by atoms with Crippen LogP contribution in [0.4, 0.5) is 5.82 Å². The van der Waals surface area contributed by atoms with Crippen molar-refractivity contribution in [2.75, 3.05) is 18.5 Å². The number of aliphatic hydroxyl groups is 1. The number of amides is 1. The molecule has 6 heteroatoms. The molecule has 3 N–H and O–H groups in total. The molecule has 1 aromatic carbocycles. The lowest BCUT2D eigenvalue weighted by atomic mass is 10.1. The summed E-state index contributed by atoms with van der Waals surface area (Å²) in [5, 5.41) is 14.9. The first-order valence-electron chi connectivity index (χ1n) is 7.77. The molecule has 3 rings (SSSR count). The molecule has 1 aliphatic rings. The van der Waals surface area contributed by atoms with E-state index in [4.69, 9.17) is 5.11 Å². The Morgan fingerprint density at radius 3 is 2.70 bits per heavy atom. The lowest BCUT2D eigenvalue weighted by Crippen LogP contribution is -2.25. The molecule has 0 radical (unpaired) electrons.